The Morgan fingerprint density at radius 2 is 1.85 bits per heavy atom. The van der Waals surface area contributed by atoms with Gasteiger partial charge in [0.25, 0.3) is 0 Å². The fourth-order valence-corrected chi connectivity index (χ4v) is 3.22. The van der Waals surface area contributed by atoms with E-state index in [-0.39, 0.29) is 5.69 Å². The Bertz CT molecular complexity index is 985. The fourth-order valence-electron chi connectivity index (χ4n) is 3.22. The lowest BCUT2D eigenvalue weighted by atomic mass is 10.1. The molecule has 1 N–H and O–H groups in total. The largest absolute Gasteiger partial charge is 0.493 e. The molecule has 1 aliphatic heterocycles. The van der Waals surface area contributed by atoms with Crippen molar-refractivity contribution in [2.75, 3.05) is 26.1 Å². The zero-order chi connectivity index (χ0) is 18.3. The Labute approximate surface area is 149 Å². The number of ether oxygens (including phenoxy) is 2. The van der Waals surface area contributed by atoms with Crippen molar-refractivity contribution in [1.29, 1.82) is 0 Å². The van der Waals surface area contributed by atoms with Gasteiger partial charge in [0, 0.05) is 23.7 Å². The molecular formula is C19H17F2N3O2. The lowest BCUT2D eigenvalue weighted by molar-refractivity contribution is 0.355. The van der Waals surface area contributed by atoms with Gasteiger partial charge in [0.05, 0.1) is 19.9 Å². The molecule has 7 heteroatoms. The first-order valence-electron chi connectivity index (χ1n) is 8.16. The number of benzene rings is 2. The lowest BCUT2D eigenvalue weighted by Crippen LogP contribution is -2.06. The molecule has 4 rings (SSSR count). The van der Waals surface area contributed by atoms with Crippen molar-refractivity contribution in [3.8, 4) is 28.4 Å². The molecule has 0 bridgehead atoms. The van der Waals surface area contributed by atoms with E-state index in [1.54, 1.807) is 20.3 Å². The molecule has 2 aromatic carbocycles. The van der Waals surface area contributed by atoms with Crippen LogP contribution in [-0.4, -0.2) is 30.5 Å². The standard InChI is InChI=1S/C19H17F2N3O2/c1-25-16-6-3-11(9-17(16)26-2)18-13-7-8-22-19(13)24(23-18)15-5-4-12(20)10-14(15)21/h3-6,9-10,22H,7-8H2,1-2H3. The Morgan fingerprint density at radius 1 is 1.04 bits per heavy atom. The van der Waals surface area contributed by atoms with Crippen LogP contribution in [0.5, 0.6) is 11.5 Å². The summed E-state index contributed by atoms with van der Waals surface area (Å²) in [5.41, 5.74) is 2.75. The number of halogens is 2. The highest BCUT2D eigenvalue weighted by Crippen LogP contribution is 2.38. The van der Waals surface area contributed by atoms with Gasteiger partial charge in [-0.2, -0.15) is 5.10 Å². The molecule has 134 valence electrons. The van der Waals surface area contributed by atoms with Crippen LogP contribution in [0.1, 0.15) is 5.56 Å². The van der Waals surface area contributed by atoms with Crippen LogP contribution in [0.4, 0.5) is 14.6 Å². The predicted octanol–water partition coefficient (Wildman–Crippen LogP) is 3.80. The zero-order valence-corrected chi connectivity index (χ0v) is 14.3. The average Bonchev–Trinajstić information content (AvgIpc) is 3.24. The normalized spacial score (nSPS) is 12.6. The first kappa shape index (κ1) is 16.4. The monoisotopic (exact) mass is 357 g/mol. The highest BCUT2D eigenvalue weighted by molar-refractivity contribution is 5.74. The minimum Gasteiger partial charge on any atom is -0.493 e. The van der Waals surface area contributed by atoms with Crippen LogP contribution in [0.2, 0.25) is 0 Å². The van der Waals surface area contributed by atoms with Crippen LogP contribution >= 0.6 is 0 Å². The Balaban J connectivity index is 1.87. The summed E-state index contributed by atoms with van der Waals surface area (Å²) < 4.78 is 39.6. The number of hydrogen-bond acceptors (Lipinski definition) is 4. The number of fused-ring (bicyclic) bond motifs is 1. The van der Waals surface area contributed by atoms with Gasteiger partial charge in [0.1, 0.15) is 17.3 Å². The minimum absolute atomic E-state index is 0.198. The zero-order valence-electron chi connectivity index (χ0n) is 14.3. The lowest BCUT2D eigenvalue weighted by Gasteiger charge is -2.09. The van der Waals surface area contributed by atoms with Gasteiger partial charge in [0.15, 0.2) is 17.3 Å². The van der Waals surface area contributed by atoms with Gasteiger partial charge in [-0.15, -0.1) is 0 Å². The van der Waals surface area contributed by atoms with E-state index in [4.69, 9.17) is 9.47 Å². The summed E-state index contributed by atoms with van der Waals surface area (Å²) in [4.78, 5) is 0. The van der Waals surface area contributed by atoms with Crippen LogP contribution in [0.15, 0.2) is 36.4 Å². The molecule has 0 radical (unpaired) electrons. The number of methoxy groups -OCH3 is 2. The summed E-state index contributed by atoms with van der Waals surface area (Å²) in [6, 6.07) is 8.99. The van der Waals surface area contributed by atoms with E-state index < -0.39 is 11.6 Å². The van der Waals surface area contributed by atoms with Crippen molar-refractivity contribution in [3.63, 3.8) is 0 Å². The summed E-state index contributed by atoms with van der Waals surface area (Å²) in [5.74, 6) is 0.647. The molecule has 2 heterocycles. The number of aromatic nitrogens is 2. The van der Waals surface area contributed by atoms with E-state index in [1.807, 2.05) is 12.1 Å². The number of anilines is 1. The third-order valence-corrected chi connectivity index (χ3v) is 4.45. The third-order valence-electron chi connectivity index (χ3n) is 4.45. The van der Waals surface area contributed by atoms with Crippen LogP contribution in [0.3, 0.4) is 0 Å². The molecule has 0 saturated heterocycles. The Morgan fingerprint density at radius 3 is 2.58 bits per heavy atom. The first-order chi connectivity index (χ1) is 12.6. The van der Waals surface area contributed by atoms with E-state index in [0.29, 0.717) is 11.5 Å². The Kier molecular flexibility index (Phi) is 3.99. The molecule has 0 spiro atoms. The number of nitrogens with one attached hydrogen (secondary N) is 1. The maximum atomic E-state index is 14.3. The minimum atomic E-state index is -0.664. The van der Waals surface area contributed by atoms with Crippen LogP contribution in [0, 0.1) is 11.6 Å². The summed E-state index contributed by atoms with van der Waals surface area (Å²) in [6.45, 7) is 0.732. The number of rotatable bonds is 4. The molecule has 0 fully saturated rings. The van der Waals surface area contributed by atoms with Crippen molar-refractivity contribution in [1.82, 2.24) is 9.78 Å². The van der Waals surface area contributed by atoms with E-state index in [2.05, 4.69) is 10.4 Å². The van der Waals surface area contributed by atoms with Crippen molar-refractivity contribution in [3.05, 3.63) is 53.6 Å². The van der Waals surface area contributed by atoms with Crippen molar-refractivity contribution >= 4 is 5.82 Å². The molecule has 1 aliphatic rings. The van der Waals surface area contributed by atoms with E-state index in [0.717, 1.165) is 41.7 Å². The van der Waals surface area contributed by atoms with Gasteiger partial charge in [-0.1, -0.05) is 0 Å². The van der Waals surface area contributed by atoms with E-state index >= 15 is 0 Å². The van der Waals surface area contributed by atoms with Gasteiger partial charge in [-0.05, 0) is 36.8 Å². The molecule has 1 aromatic heterocycles. The first-order valence-corrected chi connectivity index (χ1v) is 8.16. The fraction of sp³-hybridized carbons (Fsp3) is 0.211. The summed E-state index contributed by atoms with van der Waals surface area (Å²) in [7, 11) is 3.14. The van der Waals surface area contributed by atoms with Gasteiger partial charge < -0.3 is 14.8 Å². The van der Waals surface area contributed by atoms with Gasteiger partial charge in [0.2, 0.25) is 0 Å². The molecular weight excluding hydrogens is 340 g/mol. The highest BCUT2D eigenvalue weighted by Gasteiger charge is 2.25. The average molecular weight is 357 g/mol. The quantitative estimate of drug-likeness (QED) is 0.772. The van der Waals surface area contributed by atoms with Gasteiger partial charge in [-0.3, -0.25) is 0 Å². The summed E-state index contributed by atoms with van der Waals surface area (Å²) >= 11 is 0. The van der Waals surface area contributed by atoms with E-state index in [9.17, 15) is 8.78 Å². The maximum Gasteiger partial charge on any atom is 0.161 e. The molecule has 5 nitrogen and oxygen atoms in total. The van der Waals surface area contributed by atoms with Crippen molar-refractivity contribution < 1.29 is 18.3 Å². The molecule has 0 unspecified atom stereocenters. The topological polar surface area (TPSA) is 48.3 Å². The predicted molar refractivity (Wildman–Crippen MR) is 94.2 cm³/mol. The smallest absolute Gasteiger partial charge is 0.161 e. The summed E-state index contributed by atoms with van der Waals surface area (Å²) in [6.07, 6.45) is 0.766. The van der Waals surface area contributed by atoms with E-state index in [1.165, 1.54) is 16.8 Å². The summed E-state index contributed by atoms with van der Waals surface area (Å²) in [5, 5.41) is 7.82. The molecule has 0 saturated carbocycles. The SMILES string of the molecule is COc1ccc(-c2nn(-c3ccc(F)cc3F)c3c2CCN3)cc1OC. The van der Waals surface area contributed by atoms with Crippen molar-refractivity contribution in [2.45, 2.75) is 6.42 Å². The second-order valence-corrected chi connectivity index (χ2v) is 5.93. The Hall–Kier alpha value is -3.09. The van der Waals surface area contributed by atoms with Gasteiger partial charge in [-0.25, -0.2) is 13.5 Å². The maximum absolute atomic E-state index is 14.3. The second-order valence-electron chi connectivity index (χ2n) is 5.93. The highest BCUT2D eigenvalue weighted by atomic mass is 19.1. The van der Waals surface area contributed by atoms with Crippen LogP contribution in [0.25, 0.3) is 16.9 Å². The molecule has 0 atom stereocenters. The molecule has 3 aromatic rings. The van der Waals surface area contributed by atoms with Gasteiger partial charge >= 0.3 is 0 Å². The van der Waals surface area contributed by atoms with Crippen molar-refractivity contribution in [2.24, 2.45) is 0 Å². The molecule has 26 heavy (non-hydrogen) atoms. The second kappa shape index (κ2) is 6.33. The number of nitrogens with zero attached hydrogens (tertiary/aromatic N) is 2. The van der Waals surface area contributed by atoms with Crippen LogP contribution < -0.4 is 14.8 Å². The number of hydrogen-bond donors (Lipinski definition) is 1. The third kappa shape index (κ3) is 2.56. The van der Waals surface area contributed by atoms with Crippen LogP contribution in [-0.2, 0) is 6.42 Å². The molecule has 0 aliphatic carbocycles. The molecule has 0 amide bonds.